The second-order valence-electron chi connectivity index (χ2n) is 5.26. The highest BCUT2D eigenvalue weighted by Gasteiger charge is 2.30. The fourth-order valence-corrected chi connectivity index (χ4v) is 2.46. The molecule has 5 nitrogen and oxygen atoms in total. The van der Waals surface area contributed by atoms with Crippen molar-refractivity contribution in [2.75, 3.05) is 11.4 Å². The summed E-state index contributed by atoms with van der Waals surface area (Å²) in [5, 5.41) is 11.0. The van der Waals surface area contributed by atoms with Crippen molar-refractivity contribution in [2.24, 2.45) is 0 Å². The summed E-state index contributed by atoms with van der Waals surface area (Å²) < 4.78 is 5.66. The molecule has 2 aromatic carbocycles. The lowest BCUT2D eigenvalue weighted by Crippen LogP contribution is -2.44. The van der Waals surface area contributed by atoms with E-state index >= 15 is 0 Å². The van der Waals surface area contributed by atoms with Crippen molar-refractivity contribution in [3.05, 3.63) is 65.4 Å². The summed E-state index contributed by atoms with van der Waals surface area (Å²) in [6, 6.07) is 14.4. The van der Waals surface area contributed by atoms with Gasteiger partial charge in [-0.05, 0) is 30.7 Å². The van der Waals surface area contributed by atoms with Crippen molar-refractivity contribution in [1.82, 2.24) is 0 Å². The number of nitrogens with zero attached hydrogens (tertiary/aromatic N) is 1. The second-order valence-corrected chi connectivity index (χ2v) is 5.26. The van der Waals surface area contributed by atoms with E-state index in [4.69, 9.17) is 4.74 Å². The van der Waals surface area contributed by atoms with Crippen LogP contribution in [0, 0.1) is 6.92 Å². The Morgan fingerprint density at radius 2 is 2.00 bits per heavy atom. The Balaban J connectivity index is 2.04. The van der Waals surface area contributed by atoms with E-state index in [2.05, 4.69) is 0 Å². The molecule has 0 unspecified atom stereocenters. The molecule has 5 heteroatoms. The fraction of sp³-hybridized carbons (Fsp3) is 0.111. The zero-order chi connectivity index (χ0) is 16.4. The fourth-order valence-electron chi connectivity index (χ4n) is 2.46. The lowest BCUT2D eigenvalue weighted by Gasteiger charge is -2.30. The summed E-state index contributed by atoms with van der Waals surface area (Å²) >= 11 is 0. The molecule has 0 bridgehead atoms. The van der Waals surface area contributed by atoms with Gasteiger partial charge in [-0.15, -0.1) is 0 Å². The first-order chi connectivity index (χ1) is 11.0. The maximum absolute atomic E-state index is 12.6. The summed E-state index contributed by atoms with van der Waals surface area (Å²) in [5.74, 6) is -1.32. The lowest BCUT2D eigenvalue weighted by molar-refractivity contribution is -0.303. The number of fused-ring (bicyclic) bond motifs is 1. The molecular formula is C18H14NO4-. The van der Waals surface area contributed by atoms with Gasteiger partial charge in [0, 0.05) is 0 Å². The number of para-hydroxylation sites is 2. The summed E-state index contributed by atoms with van der Waals surface area (Å²) in [4.78, 5) is 24.7. The highest BCUT2D eigenvalue weighted by Crippen LogP contribution is 2.35. The smallest absolute Gasteiger partial charge is 0.294 e. The van der Waals surface area contributed by atoms with Crippen LogP contribution in [0.1, 0.15) is 11.1 Å². The first kappa shape index (κ1) is 14.8. The number of benzene rings is 2. The zero-order valence-electron chi connectivity index (χ0n) is 12.5. The van der Waals surface area contributed by atoms with Gasteiger partial charge in [-0.3, -0.25) is 9.69 Å². The number of carbonyl (C=O) groups excluding carboxylic acids is 2. The Labute approximate surface area is 133 Å². The number of amides is 1. The van der Waals surface area contributed by atoms with Crippen molar-refractivity contribution in [3.63, 3.8) is 0 Å². The maximum atomic E-state index is 12.6. The number of anilines is 1. The van der Waals surface area contributed by atoms with Gasteiger partial charge in [0.05, 0.1) is 18.2 Å². The van der Waals surface area contributed by atoms with Gasteiger partial charge in [-0.25, -0.2) is 0 Å². The molecule has 23 heavy (non-hydrogen) atoms. The molecule has 1 heterocycles. The van der Waals surface area contributed by atoms with Crippen LogP contribution >= 0.6 is 0 Å². The third-order valence-electron chi connectivity index (χ3n) is 3.46. The van der Waals surface area contributed by atoms with Crippen molar-refractivity contribution < 1.29 is 19.4 Å². The lowest BCUT2D eigenvalue weighted by atomic mass is 10.1. The SMILES string of the molecule is Cc1cccc(C=C2Oc3ccccc3N(CC(=O)[O-])C2=O)c1. The van der Waals surface area contributed by atoms with E-state index in [-0.39, 0.29) is 5.76 Å². The number of carboxylic acids is 1. The van der Waals surface area contributed by atoms with Crippen molar-refractivity contribution in [2.45, 2.75) is 6.92 Å². The van der Waals surface area contributed by atoms with E-state index in [1.165, 1.54) is 0 Å². The average Bonchev–Trinajstić information content (AvgIpc) is 2.51. The first-order valence-electron chi connectivity index (χ1n) is 7.11. The molecule has 0 atom stereocenters. The van der Waals surface area contributed by atoms with Gasteiger partial charge in [-0.1, -0.05) is 42.0 Å². The average molecular weight is 308 g/mol. The normalized spacial score (nSPS) is 15.3. The molecule has 1 amide bonds. The molecule has 0 aromatic heterocycles. The first-order valence-corrected chi connectivity index (χ1v) is 7.11. The summed E-state index contributed by atoms with van der Waals surface area (Å²) in [6.45, 7) is 1.42. The molecule has 1 aliphatic rings. The molecule has 0 aliphatic carbocycles. The van der Waals surface area contributed by atoms with Gasteiger partial charge in [0.2, 0.25) is 0 Å². The summed E-state index contributed by atoms with van der Waals surface area (Å²) in [6.07, 6.45) is 1.60. The zero-order valence-corrected chi connectivity index (χ0v) is 12.5. The number of carboxylic acid groups (broad SMARTS) is 1. The minimum Gasteiger partial charge on any atom is -0.548 e. The van der Waals surface area contributed by atoms with Gasteiger partial charge in [0.15, 0.2) is 11.5 Å². The largest absolute Gasteiger partial charge is 0.548 e. The van der Waals surface area contributed by atoms with Crippen LogP contribution in [0.4, 0.5) is 5.69 Å². The molecule has 3 rings (SSSR count). The van der Waals surface area contributed by atoms with Crippen LogP contribution in [0.25, 0.3) is 6.08 Å². The van der Waals surface area contributed by atoms with E-state index in [1.807, 2.05) is 31.2 Å². The van der Waals surface area contributed by atoms with Gasteiger partial charge >= 0.3 is 0 Å². The number of aliphatic carboxylic acids is 1. The van der Waals surface area contributed by atoms with Crippen LogP contribution < -0.4 is 14.7 Å². The van der Waals surface area contributed by atoms with Gasteiger partial charge < -0.3 is 14.6 Å². The molecule has 1 aliphatic heterocycles. The third-order valence-corrected chi connectivity index (χ3v) is 3.46. The highest BCUT2D eigenvalue weighted by molar-refractivity contribution is 6.11. The van der Waals surface area contributed by atoms with E-state index in [0.717, 1.165) is 16.0 Å². The Kier molecular flexibility index (Phi) is 3.85. The molecule has 0 saturated carbocycles. The number of ether oxygens (including phenoxy) is 1. The molecule has 116 valence electrons. The minimum atomic E-state index is -1.33. The number of aryl methyl sites for hydroxylation is 1. The molecule has 0 spiro atoms. The number of hydrogen-bond acceptors (Lipinski definition) is 4. The van der Waals surface area contributed by atoms with E-state index < -0.39 is 18.4 Å². The van der Waals surface area contributed by atoms with E-state index in [9.17, 15) is 14.7 Å². The Hall–Kier alpha value is -3.08. The summed E-state index contributed by atoms with van der Waals surface area (Å²) in [7, 11) is 0. The topological polar surface area (TPSA) is 69.7 Å². The molecule has 2 aromatic rings. The summed E-state index contributed by atoms with van der Waals surface area (Å²) in [5.41, 5.74) is 2.28. The molecule has 0 saturated heterocycles. The standard InChI is InChI=1S/C18H15NO4/c1-12-5-4-6-13(9-12)10-16-18(22)19(11-17(20)21)14-7-2-3-8-15(14)23-16/h2-10H,11H2,1H3,(H,20,21)/p-1. The second kappa shape index (κ2) is 5.96. The van der Waals surface area contributed by atoms with Crippen molar-refractivity contribution >= 4 is 23.6 Å². The Bertz CT molecular complexity index is 810. The molecule has 0 radical (unpaired) electrons. The van der Waals surface area contributed by atoms with Crippen LogP contribution in [0.3, 0.4) is 0 Å². The highest BCUT2D eigenvalue weighted by atomic mass is 16.5. The minimum absolute atomic E-state index is 0.0792. The van der Waals surface area contributed by atoms with Crippen LogP contribution in [-0.2, 0) is 9.59 Å². The van der Waals surface area contributed by atoms with Crippen LogP contribution in [-0.4, -0.2) is 18.4 Å². The van der Waals surface area contributed by atoms with Crippen LogP contribution in [0.2, 0.25) is 0 Å². The molecule has 0 fully saturated rings. The van der Waals surface area contributed by atoms with Gasteiger partial charge in [0.25, 0.3) is 5.91 Å². The van der Waals surface area contributed by atoms with E-state index in [1.54, 1.807) is 30.3 Å². The quantitative estimate of drug-likeness (QED) is 0.806. The van der Waals surface area contributed by atoms with E-state index in [0.29, 0.717) is 11.4 Å². The van der Waals surface area contributed by atoms with Gasteiger partial charge in [0.1, 0.15) is 0 Å². The predicted octanol–water partition coefficient (Wildman–Crippen LogP) is 1.51. The monoisotopic (exact) mass is 308 g/mol. The number of carbonyl (C=O) groups is 2. The maximum Gasteiger partial charge on any atom is 0.294 e. The molecule has 0 N–H and O–H groups in total. The Morgan fingerprint density at radius 3 is 2.74 bits per heavy atom. The van der Waals surface area contributed by atoms with Crippen molar-refractivity contribution in [1.29, 1.82) is 0 Å². The third kappa shape index (κ3) is 3.08. The number of rotatable bonds is 3. The van der Waals surface area contributed by atoms with Crippen LogP contribution in [0.5, 0.6) is 5.75 Å². The van der Waals surface area contributed by atoms with Crippen molar-refractivity contribution in [3.8, 4) is 5.75 Å². The van der Waals surface area contributed by atoms with Crippen LogP contribution in [0.15, 0.2) is 54.3 Å². The molecular weight excluding hydrogens is 294 g/mol. The Morgan fingerprint density at radius 1 is 1.22 bits per heavy atom. The predicted molar refractivity (Wildman–Crippen MR) is 83.6 cm³/mol. The van der Waals surface area contributed by atoms with Gasteiger partial charge in [-0.2, -0.15) is 0 Å². The number of hydrogen-bond donors (Lipinski definition) is 0.